The third-order valence-electron chi connectivity index (χ3n) is 2.23. The maximum Gasteiger partial charge on any atom is 0.171 e. The topological polar surface area (TPSA) is 76.4 Å². The van der Waals surface area contributed by atoms with Crippen LogP contribution in [0.2, 0.25) is 0 Å². The number of rotatable bonds is 3. The lowest BCUT2D eigenvalue weighted by Gasteiger charge is -2.07. The van der Waals surface area contributed by atoms with E-state index >= 15 is 0 Å². The fraction of sp³-hybridized carbons (Fsp3) is 0.0909. The van der Waals surface area contributed by atoms with Gasteiger partial charge in [-0.05, 0) is 18.2 Å². The van der Waals surface area contributed by atoms with Crippen LogP contribution in [-0.4, -0.2) is 20.8 Å². The van der Waals surface area contributed by atoms with Crippen molar-refractivity contribution in [3.8, 4) is 0 Å². The highest BCUT2D eigenvalue weighted by Crippen LogP contribution is 2.31. The number of aryl methyl sites for hydroxylation is 1. The summed E-state index contributed by atoms with van der Waals surface area (Å²) in [5, 5.41) is 15.9. The van der Waals surface area contributed by atoms with Crippen molar-refractivity contribution in [3.63, 3.8) is 0 Å². The van der Waals surface area contributed by atoms with Gasteiger partial charge in [0.1, 0.15) is 0 Å². The number of aromatic nitrogens is 2. The van der Waals surface area contributed by atoms with E-state index < -0.39 is 0 Å². The summed E-state index contributed by atoms with van der Waals surface area (Å²) in [6.45, 7) is 0. The van der Waals surface area contributed by atoms with E-state index in [4.69, 9.17) is 10.9 Å². The number of amidine groups is 1. The molecule has 1 aromatic carbocycles. The summed E-state index contributed by atoms with van der Waals surface area (Å²) in [7, 11) is 1.86. The SMILES string of the molecule is Cn1cc(Sc2ccc(Br)cc2/C(N)=N/O)cn1. The van der Waals surface area contributed by atoms with E-state index in [2.05, 4.69) is 26.2 Å². The minimum atomic E-state index is 0.0858. The Labute approximate surface area is 117 Å². The normalized spacial score (nSPS) is 11.8. The van der Waals surface area contributed by atoms with E-state index in [-0.39, 0.29) is 5.84 Å². The van der Waals surface area contributed by atoms with Crippen molar-refractivity contribution in [2.75, 3.05) is 0 Å². The fourth-order valence-corrected chi connectivity index (χ4v) is 2.75. The molecule has 0 unspecified atom stereocenters. The van der Waals surface area contributed by atoms with Crippen molar-refractivity contribution in [1.29, 1.82) is 0 Å². The van der Waals surface area contributed by atoms with Crippen molar-refractivity contribution in [2.24, 2.45) is 17.9 Å². The molecule has 2 aromatic rings. The van der Waals surface area contributed by atoms with Gasteiger partial charge in [-0.3, -0.25) is 4.68 Å². The van der Waals surface area contributed by atoms with Crippen LogP contribution in [0.5, 0.6) is 0 Å². The molecule has 1 aromatic heterocycles. The number of hydrogen-bond acceptors (Lipinski definition) is 4. The van der Waals surface area contributed by atoms with Gasteiger partial charge in [0.15, 0.2) is 5.84 Å². The Hall–Kier alpha value is -1.47. The number of hydrogen-bond donors (Lipinski definition) is 2. The summed E-state index contributed by atoms with van der Waals surface area (Å²) >= 11 is 4.88. The molecule has 1 heterocycles. The van der Waals surface area contributed by atoms with E-state index in [1.165, 1.54) is 11.8 Å². The standard InChI is InChI=1S/C11H11BrN4OS/c1-16-6-8(5-14-16)18-10-3-2-7(12)4-9(10)11(13)15-17/h2-6,17H,1H3,(H2,13,15). The number of halogens is 1. The molecule has 2 rings (SSSR count). The van der Waals surface area contributed by atoms with Crippen LogP contribution in [0.1, 0.15) is 5.56 Å². The van der Waals surface area contributed by atoms with Crippen LogP contribution in [0, 0.1) is 0 Å². The Morgan fingerprint density at radius 1 is 1.56 bits per heavy atom. The molecule has 0 atom stereocenters. The van der Waals surface area contributed by atoms with Gasteiger partial charge in [0.05, 0.1) is 11.1 Å². The molecule has 94 valence electrons. The Balaban J connectivity index is 2.38. The van der Waals surface area contributed by atoms with Crippen LogP contribution >= 0.6 is 27.7 Å². The first-order valence-corrected chi connectivity index (χ1v) is 6.65. The predicted octanol–water partition coefficient (Wildman–Crippen LogP) is 2.43. The van der Waals surface area contributed by atoms with Crippen LogP contribution < -0.4 is 5.73 Å². The molecule has 3 N–H and O–H groups in total. The summed E-state index contributed by atoms with van der Waals surface area (Å²) in [5.74, 6) is 0.0858. The van der Waals surface area contributed by atoms with Crippen LogP contribution in [-0.2, 0) is 7.05 Å². The van der Waals surface area contributed by atoms with E-state index in [1.807, 2.05) is 31.4 Å². The summed E-state index contributed by atoms with van der Waals surface area (Å²) in [5.41, 5.74) is 6.35. The van der Waals surface area contributed by atoms with Gasteiger partial charge >= 0.3 is 0 Å². The molecule has 0 radical (unpaired) electrons. The summed E-state index contributed by atoms with van der Waals surface area (Å²) < 4.78 is 2.60. The predicted molar refractivity (Wildman–Crippen MR) is 74.0 cm³/mol. The second-order valence-electron chi connectivity index (χ2n) is 3.58. The van der Waals surface area contributed by atoms with Gasteiger partial charge in [0.25, 0.3) is 0 Å². The largest absolute Gasteiger partial charge is 0.409 e. The highest BCUT2D eigenvalue weighted by Gasteiger charge is 2.10. The van der Waals surface area contributed by atoms with Crippen LogP contribution in [0.25, 0.3) is 0 Å². The lowest BCUT2D eigenvalue weighted by atomic mass is 10.2. The van der Waals surface area contributed by atoms with Gasteiger partial charge in [-0.1, -0.05) is 32.8 Å². The van der Waals surface area contributed by atoms with Crippen molar-refractivity contribution >= 4 is 33.5 Å². The molecular weight excluding hydrogens is 316 g/mol. The smallest absolute Gasteiger partial charge is 0.171 e. The van der Waals surface area contributed by atoms with Gasteiger partial charge in [0.2, 0.25) is 0 Å². The van der Waals surface area contributed by atoms with E-state index in [0.717, 1.165) is 14.3 Å². The Kier molecular flexibility index (Phi) is 3.93. The van der Waals surface area contributed by atoms with Crippen molar-refractivity contribution in [1.82, 2.24) is 9.78 Å². The highest BCUT2D eigenvalue weighted by molar-refractivity contribution is 9.10. The van der Waals surface area contributed by atoms with Gasteiger partial charge < -0.3 is 10.9 Å². The summed E-state index contributed by atoms with van der Waals surface area (Å²) in [4.78, 5) is 1.90. The molecule has 0 fully saturated rings. The second kappa shape index (κ2) is 5.45. The molecule has 0 spiro atoms. The molecule has 0 aliphatic carbocycles. The second-order valence-corrected chi connectivity index (χ2v) is 5.61. The lowest BCUT2D eigenvalue weighted by Crippen LogP contribution is -2.14. The third-order valence-corrected chi connectivity index (χ3v) is 3.75. The maximum atomic E-state index is 8.80. The van der Waals surface area contributed by atoms with Crippen LogP contribution in [0.4, 0.5) is 0 Å². The quantitative estimate of drug-likeness (QED) is 0.393. The molecule has 18 heavy (non-hydrogen) atoms. The molecule has 0 amide bonds. The molecule has 5 nitrogen and oxygen atoms in total. The van der Waals surface area contributed by atoms with Gasteiger partial charge in [0, 0.05) is 28.2 Å². The first-order valence-electron chi connectivity index (χ1n) is 5.04. The molecule has 0 aliphatic rings. The van der Waals surface area contributed by atoms with Gasteiger partial charge in [-0.2, -0.15) is 5.10 Å². The minimum absolute atomic E-state index is 0.0858. The molecule has 0 saturated carbocycles. The Morgan fingerprint density at radius 3 is 2.94 bits per heavy atom. The first-order chi connectivity index (χ1) is 8.60. The average molecular weight is 327 g/mol. The summed E-state index contributed by atoms with van der Waals surface area (Å²) in [6, 6.07) is 5.63. The first kappa shape index (κ1) is 13.0. The number of benzene rings is 1. The lowest BCUT2D eigenvalue weighted by molar-refractivity contribution is 0.318. The zero-order valence-electron chi connectivity index (χ0n) is 9.54. The number of oxime groups is 1. The van der Waals surface area contributed by atoms with Crippen molar-refractivity contribution in [2.45, 2.75) is 9.79 Å². The molecule has 7 heteroatoms. The number of nitrogens with zero attached hydrogens (tertiary/aromatic N) is 3. The van der Waals surface area contributed by atoms with E-state index in [1.54, 1.807) is 10.9 Å². The van der Waals surface area contributed by atoms with Crippen LogP contribution in [0.3, 0.4) is 0 Å². The molecular formula is C11H11BrN4OS. The Bertz CT molecular complexity index is 596. The van der Waals surface area contributed by atoms with E-state index in [0.29, 0.717) is 5.56 Å². The van der Waals surface area contributed by atoms with Crippen LogP contribution in [0.15, 0.2) is 50.0 Å². The fourth-order valence-electron chi connectivity index (χ4n) is 1.42. The van der Waals surface area contributed by atoms with Crippen molar-refractivity contribution in [3.05, 3.63) is 40.6 Å². The molecule has 0 bridgehead atoms. The molecule has 0 aliphatic heterocycles. The third kappa shape index (κ3) is 2.85. The molecule has 0 saturated heterocycles. The summed E-state index contributed by atoms with van der Waals surface area (Å²) in [6.07, 6.45) is 3.67. The van der Waals surface area contributed by atoms with Gasteiger partial charge in [-0.25, -0.2) is 0 Å². The van der Waals surface area contributed by atoms with Gasteiger partial charge in [-0.15, -0.1) is 0 Å². The van der Waals surface area contributed by atoms with Crippen molar-refractivity contribution < 1.29 is 5.21 Å². The Morgan fingerprint density at radius 2 is 2.33 bits per heavy atom. The van der Waals surface area contributed by atoms with E-state index in [9.17, 15) is 0 Å². The zero-order valence-corrected chi connectivity index (χ0v) is 11.9. The highest BCUT2D eigenvalue weighted by atomic mass is 79.9. The monoisotopic (exact) mass is 326 g/mol. The number of nitrogens with two attached hydrogens (primary N) is 1. The minimum Gasteiger partial charge on any atom is -0.409 e. The zero-order chi connectivity index (χ0) is 13.1. The maximum absolute atomic E-state index is 8.80. The average Bonchev–Trinajstić information content (AvgIpc) is 2.76.